The molecule has 3 aromatic carbocycles. The third kappa shape index (κ3) is 5.38. The number of hydrogen-bond donors (Lipinski definition) is 2. The van der Waals surface area contributed by atoms with E-state index in [1.807, 2.05) is 6.92 Å². The van der Waals surface area contributed by atoms with E-state index >= 15 is 0 Å². The third-order valence-corrected chi connectivity index (χ3v) is 6.44. The first-order valence-corrected chi connectivity index (χ1v) is 12.0. The van der Waals surface area contributed by atoms with Crippen LogP contribution in [0.1, 0.15) is 26.3 Å². The van der Waals surface area contributed by atoms with Crippen LogP contribution >= 0.6 is 23.2 Å². The van der Waals surface area contributed by atoms with Gasteiger partial charge in [0.2, 0.25) is 0 Å². The van der Waals surface area contributed by atoms with Gasteiger partial charge in [0.1, 0.15) is 22.2 Å². The molecular weight excluding hydrogens is 549 g/mol. The van der Waals surface area contributed by atoms with Crippen LogP contribution in [-0.2, 0) is 9.59 Å². The molecule has 200 valence electrons. The van der Waals surface area contributed by atoms with Crippen LogP contribution in [0.4, 0.5) is 17.1 Å². The van der Waals surface area contributed by atoms with Gasteiger partial charge >= 0.3 is 0 Å². The molecule has 0 fully saturated rings. The molecule has 0 bridgehead atoms. The number of methoxy groups -OCH3 is 2. The maximum absolute atomic E-state index is 13.2. The largest absolute Gasteiger partial charge is 0.545 e. The third-order valence-electron chi connectivity index (χ3n) is 5.78. The lowest BCUT2D eigenvalue weighted by molar-refractivity contribution is -0.255. The molecule has 2 N–H and O–H groups in total. The summed E-state index contributed by atoms with van der Waals surface area (Å²) >= 11 is 12.3. The normalized spacial score (nSPS) is 13.0. The van der Waals surface area contributed by atoms with Crippen LogP contribution in [-0.4, -0.2) is 37.9 Å². The molecular formula is C27H20Cl2N3O7-. The van der Waals surface area contributed by atoms with Gasteiger partial charge in [-0.25, -0.2) is 4.90 Å². The Morgan fingerprint density at radius 2 is 1.56 bits per heavy atom. The highest BCUT2D eigenvalue weighted by Gasteiger charge is 2.40. The van der Waals surface area contributed by atoms with E-state index in [0.717, 1.165) is 16.5 Å². The second-order valence-corrected chi connectivity index (χ2v) is 9.07. The monoisotopic (exact) mass is 568 g/mol. The highest BCUT2D eigenvalue weighted by Crippen LogP contribution is 2.36. The number of carboxylic acids is 1. The molecule has 12 heteroatoms. The zero-order valence-corrected chi connectivity index (χ0v) is 22.3. The van der Waals surface area contributed by atoms with Crippen LogP contribution in [0.2, 0.25) is 5.02 Å². The number of benzene rings is 3. The van der Waals surface area contributed by atoms with Crippen molar-refractivity contribution in [1.29, 1.82) is 0 Å². The van der Waals surface area contributed by atoms with Crippen LogP contribution in [0.25, 0.3) is 0 Å². The summed E-state index contributed by atoms with van der Waals surface area (Å²) in [4.78, 5) is 50.9. The van der Waals surface area contributed by atoms with Gasteiger partial charge in [-0.05, 0) is 55.0 Å². The Morgan fingerprint density at radius 1 is 0.897 bits per heavy atom. The first-order valence-electron chi connectivity index (χ1n) is 11.3. The number of hydrogen-bond acceptors (Lipinski definition) is 8. The number of anilines is 3. The molecule has 0 saturated carbocycles. The van der Waals surface area contributed by atoms with Gasteiger partial charge in [-0.1, -0.05) is 29.3 Å². The van der Waals surface area contributed by atoms with E-state index in [1.165, 1.54) is 44.6 Å². The average Bonchev–Trinajstić information content (AvgIpc) is 3.12. The zero-order valence-electron chi connectivity index (χ0n) is 20.8. The molecule has 39 heavy (non-hydrogen) atoms. The Kier molecular flexibility index (Phi) is 7.80. The minimum Gasteiger partial charge on any atom is -0.545 e. The van der Waals surface area contributed by atoms with Gasteiger partial charge in [0.25, 0.3) is 17.7 Å². The van der Waals surface area contributed by atoms with E-state index in [4.69, 9.17) is 32.7 Å². The van der Waals surface area contributed by atoms with Crippen molar-refractivity contribution in [2.75, 3.05) is 29.8 Å². The number of ether oxygens (including phenoxy) is 2. The second-order valence-electron chi connectivity index (χ2n) is 8.29. The number of amides is 3. The SMILES string of the molecule is COc1cc(NC(=O)c2ccc(NC3=C(Cl)C(=O)N(c4cc(C)ccc4OC)C3=O)cc2)c(Cl)cc1C(=O)[O-]. The van der Waals surface area contributed by atoms with Gasteiger partial charge in [0.05, 0.1) is 36.6 Å². The maximum Gasteiger partial charge on any atom is 0.283 e. The second kappa shape index (κ2) is 11.1. The van der Waals surface area contributed by atoms with Gasteiger partial charge in [0.15, 0.2) is 0 Å². The van der Waals surface area contributed by atoms with Crippen molar-refractivity contribution in [3.05, 3.63) is 87.0 Å². The number of nitrogens with one attached hydrogen (secondary N) is 2. The Labute approximate surface area is 232 Å². The summed E-state index contributed by atoms with van der Waals surface area (Å²) in [6.45, 7) is 1.81. The van der Waals surface area contributed by atoms with Crippen LogP contribution in [0.5, 0.6) is 11.5 Å². The highest BCUT2D eigenvalue weighted by molar-refractivity contribution is 6.53. The summed E-state index contributed by atoms with van der Waals surface area (Å²) in [6, 6.07) is 13.4. The van der Waals surface area contributed by atoms with E-state index < -0.39 is 23.7 Å². The lowest BCUT2D eigenvalue weighted by atomic mass is 10.1. The number of carbonyl (C=O) groups excluding carboxylic acids is 4. The number of aryl methyl sites for hydroxylation is 1. The quantitative estimate of drug-likeness (QED) is 0.392. The van der Waals surface area contributed by atoms with Crippen molar-refractivity contribution in [3.8, 4) is 11.5 Å². The molecule has 1 heterocycles. The van der Waals surface area contributed by atoms with Crippen molar-refractivity contribution in [3.63, 3.8) is 0 Å². The average molecular weight is 569 g/mol. The number of nitrogens with zero attached hydrogens (tertiary/aromatic N) is 1. The molecule has 0 atom stereocenters. The molecule has 3 amide bonds. The van der Waals surface area contributed by atoms with E-state index in [9.17, 15) is 24.3 Å². The summed E-state index contributed by atoms with van der Waals surface area (Å²) in [7, 11) is 2.70. The molecule has 1 aliphatic rings. The van der Waals surface area contributed by atoms with Crippen LogP contribution in [0.3, 0.4) is 0 Å². The molecule has 10 nitrogen and oxygen atoms in total. The number of aromatic carboxylic acids is 1. The smallest absolute Gasteiger partial charge is 0.283 e. The molecule has 1 aliphatic heterocycles. The van der Waals surface area contributed by atoms with Gasteiger partial charge in [-0.2, -0.15) is 0 Å². The first-order chi connectivity index (χ1) is 18.5. The van der Waals surface area contributed by atoms with Crippen molar-refractivity contribution >= 4 is 64.0 Å². The van der Waals surface area contributed by atoms with Crippen molar-refractivity contribution < 1.29 is 33.8 Å². The predicted molar refractivity (Wildman–Crippen MR) is 143 cm³/mol. The molecule has 0 saturated heterocycles. The minimum absolute atomic E-state index is 0.0255. The molecule has 0 spiro atoms. The van der Waals surface area contributed by atoms with Crippen LogP contribution < -0.4 is 30.1 Å². The van der Waals surface area contributed by atoms with Crippen LogP contribution in [0.15, 0.2) is 65.3 Å². The lowest BCUT2D eigenvalue weighted by Crippen LogP contribution is -2.32. The van der Waals surface area contributed by atoms with Gasteiger partial charge in [-0.3, -0.25) is 14.4 Å². The van der Waals surface area contributed by atoms with E-state index in [2.05, 4.69) is 10.6 Å². The predicted octanol–water partition coefficient (Wildman–Crippen LogP) is 3.72. The van der Waals surface area contributed by atoms with Gasteiger partial charge < -0.3 is 30.0 Å². The molecule has 3 aromatic rings. The molecule has 0 radical (unpaired) electrons. The molecule has 4 rings (SSSR count). The fraction of sp³-hybridized carbons (Fsp3) is 0.111. The summed E-state index contributed by atoms with van der Waals surface area (Å²) in [6.07, 6.45) is 0. The summed E-state index contributed by atoms with van der Waals surface area (Å²) < 4.78 is 10.3. The topological polar surface area (TPSA) is 137 Å². The highest BCUT2D eigenvalue weighted by atomic mass is 35.5. The maximum atomic E-state index is 13.2. The fourth-order valence-electron chi connectivity index (χ4n) is 3.83. The number of carboxylic acid groups (broad SMARTS) is 1. The number of imide groups is 1. The number of halogens is 2. The van der Waals surface area contributed by atoms with E-state index in [-0.39, 0.29) is 44.0 Å². The van der Waals surface area contributed by atoms with E-state index in [0.29, 0.717) is 11.4 Å². The molecule has 0 unspecified atom stereocenters. The van der Waals surface area contributed by atoms with E-state index in [1.54, 1.807) is 18.2 Å². The first kappa shape index (κ1) is 27.5. The standard InChI is InChI=1S/C27H21Cl2N3O7/c1-13-4-9-20(38-2)19(10-13)32-25(34)22(29)23(26(32)35)30-15-7-5-14(6-8-15)24(33)31-18-12-21(39-3)16(27(36)37)11-17(18)28/h4-12,30H,1-3H3,(H,31,33)(H,36,37)/p-1. The Morgan fingerprint density at radius 3 is 2.18 bits per heavy atom. The summed E-state index contributed by atoms with van der Waals surface area (Å²) in [5.74, 6) is -3.11. The van der Waals surface area contributed by atoms with Crippen molar-refractivity contribution in [2.45, 2.75) is 6.92 Å². The lowest BCUT2D eigenvalue weighted by Gasteiger charge is -2.18. The summed E-state index contributed by atoms with van der Waals surface area (Å²) in [5, 5.41) is 16.3. The number of rotatable bonds is 8. The fourth-order valence-corrected chi connectivity index (χ4v) is 4.25. The van der Waals surface area contributed by atoms with Gasteiger partial charge in [-0.15, -0.1) is 0 Å². The summed E-state index contributed by atoms with van der Waals surface area (Å²) in [5.41, 5.74) is 1.42. The molecule has 0 aliphatic carbocycles. The van der Waals surface area contributed by atoms with Crippen molar-refractivity contribution in [1.82, 2.24) is 0 Å². The number of carbonyl (C=O) groups is 4. The van der Waals surface area contributed by atoms with Gasteiger partial charge in [0, 0.05) is 22.9 Å². The Bertz CT molecular complexity index is 1550. The zero-order chi connectivity index (χ0) is 28.4. The Hall–Kier alpha value is -4.54. The Balaban J connectivity index is 1.51. The van der Waals surface area contributed by atoms with Crippen LogP contribution in [0, 0.1) is 6.92 Å². The van der Waals surface area contributed by atoms with Crippen molar-refractivity contribution in [2.24, 2.45) is 0 Å². The minimum atomic E-state index is -1.48. The molecule has 0 aromatic heterocycles.